The molecule has 1 aromatic carbocycles. The van der Waals surface area contributed by atoms with Gasteiger partial charge >= 0.3 is 12.3 Å². The van der Waals surface area contributed by atoms with Gasteiger partial charge in [0.25, 0.3) is 0 Å². The van der Waals surface area contributed by atoms with Crippen molar-refractivity contribution in [3.63, 3.8) is 0 Å². The van der Waals surface area contributed by atoms with Crippen molar-refractivity contribution in [1.82, 2.24) is 29.6 Å². The van der Waals surface area contributed by atoms with Crippen molar-refractivity contribution < 1.29 is 37.0 Å². The first-order chi connectivity index (χ1) is 21.4. The third-order valence-corrected chi connectivity index (χ3v) is 7.98. The fraction of sp³-hybridized carbons (Fsp3) is 0.367. The van der Waals surface area contributed by atoms with E-state index in [4.69, 9.17) is 9.84 Å². The molecule has 0 aliphatic carbocycles. The van der Waals surface area contributed by atoms with Crippen molar-refractivity contribution in [2.75, 3.05) is 24.6 Å². The lowest BCUT2D eigenvalue weighted by Gasteiger charge is -2.40. The highest BCUT2D eigenvalue weighted by molar-refractivity contribution is 6.04. The zero-order valence-corrected chi connectivity index (χ0v) is 24.3. The van der Waals surface area contributed by atoms with E-state index in [2.05, 4.69) is 20.4 Å². The number of benzene rings is 1. The van der Waals surface area contributed by atoms with E-state index in [0.717, 1.165) is 0 Å². The second-order valence-corrected chi connectivity index (χ2v) is 11.1. The fourth-order valence-electron chi connectivity index (χ4n) is 5.68. The van der Waals surface area contributed by atoms with Crippen LogP contribution in [0.4, 0.5) is 28.2 Å². The molecule has 6 rings (SSSR count). The number of ether oxygens (including phenoxy) is 1. The lowest BCUT2D eigenvalue weighted by molar-refractivity contribution is -0.141. The molecule has 15 heteroatoms. The predicted octanol–water partition coefficient (Wildman–Crippen LogP) is 4.57. The monoisotopic (exact) mass is 627 g/mol. The second-order valence-electron chi connectivity index (χ2n) is 11.1. The number of nitrogens with one attached hydrogen (secondary N) is 1. The molecule has 4 aromatic rings. The van der Waals surface area contributed by atoms with Crippen molar-refractivity contribution in [3.8, 4) is 16.9 Å². The van der Waals surface area contributed by atoms with E-state index in [0.29, 0.717) is 17.1 Å². The first-order valence-corrected chi connectivity index (χ1v) is 14.3. The maximum atomic E-state index is 14.6. The number of pyridine rings is 1. The highest BCUT2D eigenvalue weighted by atomic mass is 19.4. The number of alkyl halides is 3. The molecule has 0 bridgehead atoms. The number of nitrogens with zero attached hydrogens (tertiary/aromatic N) is 6. The number of imidazole rings is 1. The van der Waals surface area contributed by atoms with E-state index < -0.39 is 29.7 Å². The molecule has 3 aromatic heterocycles. The lowest BCUT2D eigenvalue weighted by atomic mass is 9.87. The van der Waals surface area contributed by atoms with Gasteiger partial charge in [-0.1, -0.05) is 0 Å². The molecule has 11 nitrogen and oxygen atoms in total. The molecule has 1 atom stereocenters. The summed E-state index contributed by atoms with van der Waals surface area (Å²) in [6.07, 6.45) is -1.16. The molecule has 2 aliphatic heterocycles. The molecule has 0 radical (unpaired) electrons. The number of anilines is 1. The topological polar surface area (TPSA) is 127 Å². The average molecular weight is 628 g/mol. The van der Waals surface area contributed by atoms with Gasteiger partial charge in [0, 0.05) is 68.0 Å². The first-order valence-electron chi connectivity index (χ1n) is 14.3. The van der Waals surface area contributed by atoms with Crippen LogP contribution in [0.15, 0.2) is 42.9 Å². The van der Waals surface area contributed by atoms with Crippen LogP contribution < -0.4 is 15.0 Å². The van der Waals surface area contributed by atoms with E-state index in [1.54, 1.807) is 43.3 Å². The first kappa shape index (κ1) is 30.1. The maximum Gasteiger partial charge on any atom is 0.435 e. The van der Waals surface area contributed by atoms with Crippen LogP contribution in [0.2, 0.25) is 0 Å². The number of ketones is 1. The van der Waals surface area contributed by atoms with Crippen LogP contribution in [0.3, 0.4) is 0 Å². The number of hydrogen-bond acceptors (Lipinski definition) is 7. The van der Waals surface area contributed by atoms with Gasteiger partial charge in [-0.2, -0.15) is 18.3 Å². The highest BCUT2D eigenvalue weighted by Crippen LogP contribution is 2.44. The number of Topliss-reactive ketones (excluding diaryl/α,β-unsaturated/α-hetero) is 1. The van der Waals surface area contributed by atoms with Crippen LogP contribution in [0, 0.1) is 18.7 Å². The van der Waals surface area contributed by atoms with Crippen LogP contribution in [0.5, 0.6) is 5.75 Å². The van der Waals surface area contributed by atoms with Crippen LogP contribution in [-0.2, 0) is 25.7 Å². The zero-order valence-electron chi connectivity index (χ0n) is 24.3. The van der Waals surface area contributed by atoms with Gasteiger partial charge < -0.3 is 24.6 Å². The van der Waals surface area contributed by atoms with Crippen molar-refractivity contribution >= 4 is 17.7 Å². The van der Waals surface area contributed by atoms with Gasteiger partial charge in [-0.15, -0.1) is 0 Å². The Kier molecular flexibility index (Phi) is 7.70. The average Bonchev–Trinajstić information content (AvgIpc) is 3.59. The van der Waals surface area contributed by atoms with Gasteiger partial charge in [-0.3, -0.25) is 9.48 Å². The van der Waals surface area contributed by atoms with Gasteiger partial charge in [-0.05, 0) is 43.7 Å². The number of hydrogen-bond donors (Lipinski definition) is 2. The van der Waals surface area contributed by atoms with Gasteiger partial charge in [0.1, 0.15) is 11.6 Å². The van der Waals surface area contributed by atoms with Gasteiger partial charge in [0.2, 0.25) is 0 Å². The molecule has 1 saturated heterocycles. The van der Waals surface area contributed by atoms with Gasteiger partial charge in [0.05, 0.1) is 24.1 Å². The highest BCUT2D eigenvalue weighted by Gasteiger charge is 2.40. The Labute approximate surface area is 254 Å². The minimum atomic E-state index is -4.74. The summed E-state index contributed by atoms with van der Waals surface area (Å²) < 4.78 is 66.0. The van der Waals surface area contributed by atoms with E-state index in [9.17, 15) is 27.2 Å². The molecular formula is C30H29F4N7O4. The van der Waals surface area contributed by atoms with Crippen LogP contribution in [0.1, 0.15) is 40.1 Å². The molecule has 236 valence electrons. The van der Waals surface area contributed by atoms with Crippen molar-refractivity contribution in [2.24, 2.45) is 5.92 Å². The second kappa shape index (κ2) is 11.5. The van der Waals surface area contributed by atoms with E-state index in [1.807, 2.05) is 4.57 Å². The number of carbonyl (C=O) groups excluding carboxylic acids is 1. The summed E-state index contributed by atoms with van der Waals surface area (Å²) >= 11 is 0. The summed E-state index contributed by atoms with van der Waals surface area (Å²) in [6.45, 7) is 4.31. The minimum absolute atomic E-state index is 0.0495. The Morgan fingerprint density at radius 3 is 2.60 bits per heavy atom. The molecular weight excluding hydrogens is 598 g/mol. The molecule has 1 unspecified atom stereocenters. The number of rotatable bonds is 8. The SMILES string of the molecule is CCn1cc(-c2cc(Cn3ccnc3C)cc3c2OCC(Cc2ccc(F)c(N4CC(NC(=O)O)C4)n2)C3=O)c(C(F)(F)F)n1. The summed E-state index contributed by atoms with van der Waals surface area (Å²) in [5.41, 5.74) is -0.0171. The van der Waals surface area contributed by atoms with Crippen molar-refractivity contribution in [2.45, 2.75) is 45.6 Å². The number of carbonyl (C=O) groups is 2. The Morgan fingerprint density at radius 2 is 1.93 bits per heavy atom. The third-order valence-electron chi connectivity index (χ3n) is 7.98. The number of aromatic nitrogens is 5. The maximum absolute atomic E-state index is 14.6. The third kappa shape index (κ3) is 5.93. The molecule has 0 saturated carbocycles. The summed E-state index contributed by atoms with van der Waals surface area (Å²) in [7, 11) is 0. The van der Waals surface area contributed by atoms with Crippen molar-refractivity contribution in [1.29, 1.82) is 0 Å². The van der Waals surface area contributed by atoms with Crippen molar-refractivity contribution in [3.05, 3.63) is 77.0 Å². The Hall–Kier alpha value is -4.95. The molecule has 1 fully saturated rings. The number of carboxylic acid groups (broad SMARTS) is 1. The fourth-order valence-corrected chi connectivity index (χ4v) is 5.68. The molecule has 1 amide bonds. The summed E-state index contributed by atoms with van der Waals surface area (Å²) in [4.78, 5) is 35.0. The molecule has 2 N–H and O–H groups in total. The molecule has 45 heavy (non-hydrogen) atoms. The number of amides is 1. The van der Waals surface area contributed by atoms with Crippen LogP contribution >= 0.6 is 0 Å². The van der Waals surface area contributed by atoms with E-state index in [-0.39, 0.29) is 79.3 Å². The normalized spacial score (nSPS) is 16.7. The summed E-state index contributed by atoms with van der Waals surface area (Å²) in [5, 5.41) is 15.0. The Bertz CT molecular complexity index is 1780. The summed E-state index contributed by atoms with van der Waals surface area (Å²) in [6, 6.07) is 5.57. The minimum Gasteiger partial charge on any atom is -0.491 e. The molecule has 2 aliphatic rings. The van der Waals surface area contributed by atoms with Crippen LogP contribution in [-0.4, -0.2) is 67.0 Å². The largest absolute Gasteiger partial charge is 0.491 e. The summed E-state index contributed by atoms with van der Waals surface area (Å²) in [5.74, 6) is -0.862. The zero-order chi connectivity index (χ0) is 32.0. The van der Waals surface area contributed by atoms with Gasteiger partial charge in [0.15, 0.2) is 23.1 Å². The number of fused-ring (bicyclic) bond motifs is 1. The standard InChI is InChI=1S/C30H29F4N7O4/c1-3-41-14-23(27(38-41)30(32,33)34)21-8-17(11-39-7-6-35-16(39)2)9-22-25(42)18(15-45-26(21)22)10-19-4-5-24(31)28(36-19)40-12-20(13-40)37-29(43)44/h4-9,14,18,20,37H,3,10-13,15H2,1-2H3,(H,43,44). The smallest absolute Gasteiger partial charge is 0.435 e. The van der Waals surface area contributed by atoms with E-state index >= 15 is 0 Å². The molecule has 5 heterocycles. The number of halogens is 4. The number of aryl methyl sites for hydroxylation is 2. The molecule has 0 spiro atoms. The van der Waals surface area contributed by atoms with Crippen LogP contribution in [0.25, 0.3) is 11.1 Å². The lowest BCUT2D eigenvalue weighted by Crippen LogP contribution is -2.59. The quantitative estimate of drug-likeness (QED) is 0.272. The predicted molar refractivity (Wildman–Crippen MR) is 153 cm³/mol. The van der Waals surface area contributed by atoms with E-state index in [1.165, 1.54) is 23.0 Å². The Morgan fingerprint density at radius 1 is 1.18 bits per heavy atom. The van der Waals surface area contributed by atoms with Gasteiger partial charge in [-0.25, -0.2) is 19.2 Å². The Balaban J connectivity index is 1.34.